The third-order valence-corrected chi connectivity index (χ3v) is 4.91. The quantitative estimate of drug-likeness (QED) is 0.850. The molecule has 2 aliphatic rings. The van der Waals surface area contributed by atoms with Crippen LogP contribution in [0.4, 0.5) is 0 Å². The van der Waals surface area contributed by atoms with Crippen LogP contribution in [-0.2, 0) is 17.7 Å². The number of hydrogen-bond acceptors (Lipinski definition) is 4. The van der Waals surface area contributed by atoms with Gasteiger partial charge in [-0.05, 0) is 54.7 Å². The number of hydrogen-bond donors (Lipinski definition) is 1. The fourth-order valence-electron chi connectivity index (χ4n) is 3.17. The molecule has 1 aromatic carbocycles. The van der Waals surface area contributed by atoms with Gasteiger partial charge in [0.1, 0.15) is 0 Å². The topological polar surface area (TPSA) is 43.0 Å². The number of nitrogens with zero attached hydrogens (tertiary/aromatic N) is 1. The van der Waals surface area contributed by atoms with Crippen molar-refractivity contribution in [3.8, 4) is 11.5 Å². The fraction of sp³-hybridized carbons (Fsp3) is 0.588. The summed E-state index contributed by atoms with van der Waals surface area (Å²) in [7, 11) is 3.34. The molecule has 2 heterocycles. The van der Waals surface area contributed by atoms with Crippen LogP contribution in [0.5, 0.6) is 11.5 Å². The fourth-order valence-corrected chi connectivity index (χ4v) is 3.41. The Balaban J connectivity index is 1.63. The van der Waals surface area contributed by atoms with Gasteiger partial charge in [0.05, 0.1) is 20.3 Å². The van der Waals surface area contributed by atoms with E-state index in [1.54, 1.807) is 14.2 Å². The normalized spacial score (nSPS) is 20.1. The van der Waals surface area contributed by atoms with Gasteiger partial charge in [0, 0.05) is 26.2 Å². The van der Waals surface area contributed by atoms with Crippen molar-refractivity contribution in [1.29, 1.82) is 0 Å². The van der Waals surface area contributed by atoms with Gasteiger partial charge in [-0.15, -0.1) is 0 Å². The molecule has 23 heavy (non-hydrogen) atoms. The van der Waals surface area contributed by atoms with Crippen LogP contribution in [0, 0.1) is 0 Å². The maximum absolute atomic E-state index is 5.63. The first-order chi connectivity index (χ1) is 11.2. The summed E-state index contributed by atoms with van der Waals surface area (Å²) in [4.78, 5) is 2.21. The van der Waals surface area contributed by atoms with E-state index >= 15 is 0 Å². The highest BCUT2D eigenvalue weighted by Crippen LogP contribution is 2.33. The van der Waals surface area contributed by atoms with Crippen LogP contribution in [0.25, 0.3) is 0 Å². The lowest BCUT2D eigenvalue weighted by Gasteiger charge is -2.32. The lowest BCUT2D eigenvalue weighted by Crippen LogP contribution is -2.44. The van der Waals surface area contributed by atoms with E-state index in [-0.39, 0.29) is 0 Å². The van der Waals surface area contributed by atoms with Gasteiger partial charge in [-0.2, -0.15) is 0 Å². The molecule has 0 saturated carbocycles. The molecule has 1 aromatic rings. The Hall–Kier alpha value is -1.53. The van der Waals surface area contributed by atoms with Gasteiger partial charge >= 0.3 is 0 Å². The second kappa shape index (κ2) is 7.36. The van der Waals surface area contributed by atoms with Crippen LogP contribution in [0.15, 0.2) is 12.1 Å². The summed E-state index contributed by atoms with van der Waals surface area (Å²) in [6.07, 6.45) is 3.53. The molecule has 0 radical (unpaired) electrons. The predicted octanol–water partition coefficient (Wildman–Crippen LogP) is 2.12. The SMILES string of the molecule is COc1cc2c(cc1OC)CN(C(=S)NCC1CCCO1)CC2. The molecule has 126 valence electrons. The van der Waals surface area contributed by atoms with Gasteiger partial charge in [0.2, 0.25) is 0 Å². The van der Waals surface area contributed by atoms with E-state index in [9.17, 15) is 0 Å². The molecule has 1 saturated heterocycles. The number of ether oxygens (including phenoxy) is 3. The van der Waals surface area contributed by atoms with Crippen LogP contribution < -0.4 is 14.8 Å². The van der Waals surface area contributed by atoms with Crippen molar-refractivity contribution in [2.45, 2.75) is 31.9 Å². The third-order valence-electron chi connectivity index (χ3n) is 4.51. The summed E-state index contributed by atoms with van der Waals surface area (Å²) in [6, 6.07) is 4.14. The van der Waals surface area contributed by atoms with Gasteiger partial charge in [0.15, 0.2) is 16.6 Å². The molecule has 0 aromatic heterocycles. The van der Waals surface area contributed by atoms with Gasteiger partial charge in [0.25, 0.3) is 0 Å². The van der Waals surface area contributed by atoms with Crippen molar-refractivity contribution in [2.24, 2.45) is 0 Å². The number of thiocarbonyl (C=S) groups is 1. The number of nitrogens with one attached hydrogen (secondary N) is 1. The van der Waals surface area contributed by atoms with Crippen LogP contribution >= 0.6 is 12.2 Å². The molecule has 0 spiro atoms. The van der Waals surface area contributed by atoms with Crippen LogP contribution in [-0.4, -0.2) is 50.0 Å². The van der Waals surface area contributed by atoms with Crippen LogP contribution in [0.3, 0.4) is 0 Å². The average Bonchev–Trinajstić information content (AvgIpc) is 3.11. The molecular formula is C17H24N2O3S. The summed E-state index contributed by atoms with van der Waals surface area (Å²) in [5.41, 5.74) is 2.55. The third kappa shape index (κ3) is 3.70. The Morgan fingerprint density at radius 2 is 2.04 bits per heavy atom. The van der Waals surface area contributed by atoms with E-state index in [4.69, 9.17) is 26.4 Å². The van der Waals surface area contributed by atoms with Crippen molar-refractivity contribution >= 4 is 17.3 Å². The zero-order valence-electron chi connectivity index (χ0n) is 13.8. The van der Waals surface area contributed by atoms with Crippen molar-refractivity contribution < 1.29 is 14.2 Å². The van der Waals surface area contributed by atoms with Gasteiger partial charge in [-0.3, -0.25) is 0 Å². The Labute approximate surface area is 142 Å². The zero-order valence-corrected chi connectivity index (χ0v) is 14.6. The number of fused-ring (bicyclic) bond motifs is 1. The molecule has 3 rings (SSSR count). The first-order valence-corrected chi connectivity index (χ1v) is 8.50. The molecule has 1 unspecified atom stereocenters. The Morgan fingerprint density at radius 1 is 1.30 bits per heavy atom. The van der Waals surface area contributed by atoms with Gasteiger partial charge in [-0.1, -0.05) is 0 Å². The molecule has 6 heteroatoms. The van der Waals surface area contributed by atoms with Crippen molar-refractivity contribution in [3.05, 3.63) is 23.3 Å². The molecule has 0 bridgehead atoms. The van der Waals surface area contributed by atoms with Crippen LogP contribution in [0.2, 0.25) is 0 Å². The maximum Gasteiger partial charge on any atom is 0.169 e. The minimum Gasteiger partial charge on any atom is -0.493 e. The summed E-state index contributed by atoms with van der Waals surface area (Å²) in [5.74, 6) is 1.56. The maximum atomic E-state index is 5.63. The molecule has 1 atom stereocenters. The number of benzene rings is 1. The zero-order chi connectivity index (χ0) is 16.2. The highest BCUT2D eigenvalue weighted by molar-refractivity contribution is 7.80. The Morgan fingerprint density at radius 3 is 2.70 bits per heavy atom. The molecule has 1 N–H and O–H groups in total. The summed E-state index contributed by atoms with van der Waals surface area (Å²) in [5, 5.41) is 4.16. The lowest BCUT2D eigenvalue weighted by molar-refractivity contribution is 0.113. The standard InChI is InChI=1S/C17H24N2O3S/c1-20-15-8-12-5-6-19(11-13(12)9-16(15)21-2)17(23)18-10-14-4-3-7-22-14/h8-9,14H,3-7,10-11H2,1-2H3,(H,18,23). The lowest BCUT2D eigenvalue weighted by atomic mass is 9.99. The van der Waals surface area contributed by atoms with Crippen molar-refractivity contribution in [3.63, 3.8) is 0 Å². The van der Waals surface area contributed by atoms with E-state index in [0.29, 0.717) is 6.10 Å². The van der Waals surface area contributed by atoms with E-state index in [1.165, 1.54) is 11.1 Å². The van der Waals surface area contributed by atoms with E-state index < -0.39 is 0 Å². The van der Waals surface area contributed by atoms with Gasteiger partial charge < -0.3 is 24.4 Å². The monoisotopic (exact) mass is 336 g/mol. The molecule has 0 aliphatic carbocycles. The smallest absolute Gasteiger partial charge is 0.169 e. The highest BCUT2D eigenvalue weighted by atomic mass is 32.1. The summed E-state index contributed by atoms with van der Waals surface area (Å²) >= 11 is 5.55. The second-order valence-corrected chi connectivity index (χ2v) is 6.36. The molecule has 1 fully saturated rings. The first-order valence-electron chi connectivity index (χ1n) is 8.09. The Kier molecular flexibility index (Phi) is 5.23. The van der Waals surface area contributed by atoms with E-state index in [1.807, 2.05) is 0 Å². The summed E-state index contributed by atoms with van der Waals surface area (Å²) in [6.45, 7) is 3.39. The minimum atomic E-state index is 0.300. The average molecular weight is 336 g/mol. The van der Waals surface area contributed by atoms with Crippen molar-refractivity contribution in [1.82, 2.24) is 10.2 Å². The van der Waals surface area contributed by atoms with Crippen molar-refractivity contribution in [2.75, 3.05) is 33.9 Å². The number of methoxy groups -OCH3 is 2. The Bertz CT molecular complexity index is 573. The first kappa shape index (κ1) is 16.3. The largest absolute Gasteiger partial charge is 0.493 e. The number of rotatable bonds is 4. The molecule has 5 nitrogen and oxygen atoms in total. The highest BCUT2D eigenvalue weighted by Gasteiger charge is 2.22. The minimum absolute atomic E-state index is 0.300. The molecule has 0 amide bonds. The van der Waals surface area contributed by atoms with Crippen LogP contribution in [0.1, 0.15) is 24.0 Å². The molecule has 2 aliphatic heterocycles. The molecular weight excluding hydrogens is 312 g/mol. The summed E-state index contributed by atoms with van der Waals surface area (Å²) < 4.78 is 16.4. The van der Waals surface area contributed by atoms with E-state index in [2.05, 4.69) is 22.3 Å². The predicted molar refractivity (Wildman–Crippen MR) is 93.2 cm³/mol. The van der Waals surface area contributed by atoms with E-state index in [0.717, 1.165) is 62.1 Å². The van der Waals surface area contributed by atoms with Gasteiger partial charge in [-0.25, -0.2) is 0 Å². The second-order valence-electron chi connectivity index (χ2n) is 5.97.